The molecule has 0 aliphatic heterocycles. The Hall–Kier alpha value is -0.620. The fourth-order valence-corrected chi connectivity index (χ4v) is 1.41. The van der Waals surface area contributed by atoms with E-state index in [0.717, 1.165) is 23.3 Å². The SMILES string of the molecule is CC(=O)Sc1nsc(O)n1. The minimum Gasteiger partial charge on any atom is -0.485 e. The number of hydrogen-bond acceptors (Lipinski definition) is 6. The van der Waals surface area contributed by atoms with E-state index in [1.165, 1.54) is 6.92 Å². The summed E-state index contributed by atoms with van der Waals surface area (Å²) < 4.78 is 3.68. The van der Waals surface area contributed by atoms with E-state index in [9.17, 15) is 4.79 Å². The molecular formula is C4H4N2O2S2. The molecule has 1 heterocycles. The molecule has 0 saturated carbocycles. The van der Waals surface area contributed by atoms with Gasteiger partial charge in [0.2, 0.25) is 5.16 Å². The third-order valence-corrected chi connectivity index (χ3v) is 1.92. The molecule has 0 bridgehead atoms. The molecule has 6 heteroatoms. The molecule has 1 aromatic rings. The Morgan fingerprint density at radius 1 is 1.80 bits per heavy atom. The second-order valence-electron chi connectivity index (χ2n) is 1.45. The second kappa shape index (κ2) is 2.98. The van der Waals surface area contributed by atoms with Crippen LogP contribution in [0.4, 0.5) is 0 Å². The molecule has 0 saturated heterocycles. The number of hydrogen-bond donors (Lipinski definition) is 1. The van der Waals surface area contributed by atoms with Crippen LogP contribution >= 0.6 is 23.3 Å². The van der Waals surface area contributed by atoms with Crippen molar-refractivity contribution in [1.82, 2.24) is 9.36 Å². The maximum absolute atomic E-state index is 10.4. The number of rotatable bonds is 1. The Kier molecular flexibility index (Phi) is 2.23. The van der Waals surface area contributed by atoms with Crippen molar-refractivity contribution in [2.24, 2.45) is 0 Å². The topological polar surface area (TPSA) is 63.1 Å². The molecule has 10 heavy (non-hydrogen) atoms. The average molecular weight is 176 g/mol. The van der Waals surface area contributed by atoms with E-state index in [0.29, 0.717) is 5.16 Å². The smallest absolute Gasteiger partial charge is 0.291 e. The predicted molar refractivity (Wildman–Crippen MR) is 38.1 cm³/mol. The monoisotopic (exact) mass is 176 g/mol. The molecule has 0 radical (unpaired) electrons. The van der Waals surface area contributed by atoms with Gasteiger partial charge in [0.05, 0.1) is 0 Å². The lowest BCUT2D eigenvalue weighted by Gasteiger charge is -1.82. The molecular weight excluding hydrogens is 172 g/mol. The molecule has 0 aromatic carbocycles. The first kappa shape index (κ1) is 7.49. The second-order valence-corrected chi connectivity index (χ2v) is 3.33. The summed E-state index contributed by atoms with van der Waals surface area (Å²) in [5.74, 6) is 0. The quantitative estimate of drug-likeness (QED) is 0.643. The average Bonchev–Trinajstić information content (AvgIpc) is 2.13. The molecule has 0 aliphatic carbocycles. The summed E-state index contributed by atoms with van der Waals surface area (Å²) >= 11 is 1.78. The van der Waals surface area contributed by atoms with Crippen LogP contribution in [-0.4, -0.2) is 19.6 Å². The van der Waals surface area contributed by atoms with Gasteiger partial charge in [-0.15, -0.1) is 0 Å². The van der Waals surface area contributed by atoms with Crippen LogP contribution in [0.15, 0.2) is 5.16 Å². The van der Waals surface area contributed by atoms with Gasteiger partial charge >= 0.3 is 0 Å². The standard InChI is InChI=1S/C4H4N2O2S2/c1-2(7)9-3-5-4(8)10-6-3/h1H3,(H,5,6,8). The van der Waals surface area contributed by atoms with E-state index < -0.39 is 0 Å². The van der Waals surface area contributed by atoms with E-state index in [2.05, 4.69) is 9.36 Å². The highest BCUT2D eigenvalue weighted by atomic mass is 32.2. The van der Waals surface area contributed by atoms with E-state index in [1.807, 2.05) is 0 Å². The van der Waals surface area contributed by atoms with Crippen LogP contribution in [0.1, 0.15) is 6.92 Å². The third kappa shape index (κ3) is 1.96. The van der Waals surface area contributed by atoms with Gasteiger partial charge in [-0.25, -0.2) is 0 Å². The largest absolute Gasteiger partial charge is 0.485 e. The fraction of sp³-hybridized carbons (Fsp3) is 0.250. The lowest BCUT2D eigenvalue weighted by Crippen LogP contribution is -1.81. The molecule has 0 unspecified atom stereocenters. The number of thioether (sulfide) groups is 1. The third-order valence-electron chi connectivity index (χ3n) is 0.632. The van der Waals surface area contributed by atoms with Gasteiger partial charge in [-0.05, 0) is 11.8 Å². The van der Waals surface area contributed by atoms with E-state index >= 15 is 0 Å². The maximum Gasteiger partial charge on any atom is 0.291 e. The molecule has 1 aromatic heterocycles. The summed E-state index contributed by atoms with van der Waals surface area (Å²) in [5.41, 5.74) is 0. The molecule has 54 valence electrons. The molecule has 1 rings (SSSR count). The Bertz CT molecular complexity index is 247. The van der Waals surface area contributed by atoms with Crippen molar-refractivity contribution in [3.63, 3.8) is 0 Å². The maximum atomic E-state index is 10.4. The Balaban J connectivity index is 2.67. The van der Waals surface area contributed by atoms with E-state index in [1.54, 1.807) is 0 Å². The van der Waals surface area contributed by atoms with Crippen molar-refractivity contribution in [3.8, 4) is 5.19 Å². The number of aromatic nitrogens is 2. The van der Waals surface area contributed by atoms with Crippen molar-refractivity contribution in [1.29, 1.82) is 0 Å². The molecule has 1 N–H and O–H groups in total. The van der Waals surface area contributed by atoms with Crippen LogP contribution in [0, 0.1) is 0 Å². The van der Waals surface area contributed by atoms with E-state index in [4.69, 9.17) is 5.11 Å². The van der Waals surface area contributed by atoms with Crippen molar-refractivity contribution < 1.29 is 9.90 Å². The molecule has 0 aliphatic rings. The van der Waals surface area contributed by atoms with Crippen LogP contribution in [0.25, 0.3) is 0 Å². The summed E-state index contributed by atoms with van der Waals surface area (Å²) in [4.78, 5) is 14.0. The predicted octanol–water partition coefficient (Wildman–Crippen LogP) is 0.882. The summed E-state index contributed by atoms with van der Waals surface area (Å²) in [7, 11) is 0. The van der Waals surface area contributed by atoms with Crippen LogP contribution in [0.5, 0.6) is 5.19 Å². The number of carbonyl (C=O) groups excluding carboxylic acids is 1. The van der Waals surface area contributed by atoms with Crippen molar-refractivity contribution >= 4 is 28.4 Å². The van der Waals surface area contributed by atoms with Gasteiger partial charge in [-0.1, -0.05) is 0 Å². The zero-order valence-corrected chi connectivity index (χ0v) is 6.70. The van der Waals surface area contributed by atoms with Crippen LogP contribution in [-0.2, 0) is 4.79 Å². The van der Waals surface area contributed by atoms with Gasteiger partial charge in [-0.3, -0.25) is 4.79 Å². The highest BCUT2D eigenvalue weighted by Crippen LogP contribution is 2.20. The van der Waals surface area contributed by atoms with Gasteiger partial charge in [0.25, 0.3) is 5.19 Å². The van der Waals surface area contributed by atoms with Crippen molar-refractivity contribution in [3.05, 3.63) is 0 Å². The lowest BCUT2D eigenvalue weighted by atomic mass is 10.9. The van der Waals surface area contributed by atoms with Gasteiger partial charge in [-0.2, -0.15) is 9.36 Å². The van der Waals surface area contributed by atoms with E-state index in [-0.39, 0.29) is 10.3 Å². The first-order valence-corrected chi connectivity index (χ1v) is 3.98. The van der Waals surface area contributed by atoms with Crippen LogP contribution in [0.2, 0.25) is 0 Å². The summed E-state index contributed by atoms with van der Waals surface area (Å²) in [6, 6.07) is 0. The molecule has 0 amide bonds. The Labute approximate surface area is 65.5 Å². The summed E-state index contributed by atoms with van der Waals surface area (Å²) in [6.07, 6.45) is 0. The Morgan fingerprint density at radius 3 is 2.90 bits per heavy atom. The molecule has 0 spiro atoms. The fourth-order valence-electron chi connectivity index (χ4n) is 0.373. The first-order chi connectivity index (χ1) is 4.68. The normalized spacial score (nSPS) is 9.70. The van der Waals surface area contributed by atoms with Gasteiger partial charge in [0.1, 0.15) is 0 Å². The molecule has 0 atom stereocenters. The van der Waals surface area contributed by atoms with Gasteiger partial charge in [0.15, 0.2) is 5.12 Å². The number of carbonyl (C=O) groups is 1. The summed E-state index contributed by atoms with van der Waals surface area (Å²) in [6.45, 7) is 1.42. The van der Waals surface area contributed by atoms with Gasteiger partial charge in [0, 0.05) is 18.5 Å². The number of nitrogens with zero attached hydrogens (tertiary/aromatic N) is 2. The van der Waals surface area contributed by atoms with Crippen molar-refractivity contribution in [2.75, 3.05) is 0 Å². The highest BCUT2D eigenvalue weighted by molar-refractivity contribution is 8.13. The number of aromatic hydroxyl groups is 1. The zero-order valence-electron chi connectivity index (χ0n) is 5.07. The van der Waals surface area contributed by atoms with Crippen LogP contribution < -0.4 is 0 Å². The van der Waals surface area contributed by atoms with Crippen molar-refractivity contribution in [2.45, 2.75) is 12.1 Å². The lowest BCUT2D eigenvalue weighted by molar-refractivity contribution is -0.109. The Morgan fingerprint density at radius 2 is 2.50 bits per heavy atom. The minimum atomic E-state index is -0.108. The first-order valence-electron chi connectivity index (χ1n) is 2.39. The minimum absolute atomic E-state index is 0.0854. The zero-order chi connectivity index (χ0) is 7.56. The molecule has 4 nitrogen and oxygen atoms in total. The summed E-state index contributed by atoms with van der Waals surface area (Å²) in [5, 5.41) is 8.81. The highest BCUT2D eigenvalue weighted by Gasteiger charge is 2.04. The van der Waals surface area contributed by atoms with Crippen LogP contribution in [0.3, 0.4) is 0 Å². The van der Waals surface area contributed by atoms with Gasteiger partial charge < -0.3 is 5.11 Å². The molecule has 0 fully saturated rings.